The van der Waals surface area contributed by atoms with Crippen LogP contribution < -0.4 is 5.73 Å². The highest BCUT2D eigenvalue weighted by atomic mass is 16.3. The number of rotatable bonds is 2. The van der Waals surface area contributed by atoms with E-state index in [1.807, 2.05) is 12.1 Å². The molecule has 1 aromatic heterocycles. The quantitative estimate of drug-likeness (QED) is 0.821. The van der Waals surface area contributed by atoms with Crippen LogP contribution in [0, 0.1) is 0 Å². The second-order valence-electron chi connectivity index (χ2n) is 4.78. The van der Waals surface area contributed by atoms with Gasteiger partial charge in [0, 0.05) is 25.4 Å². The Morgan fingerprint density at radius 3 is 2.83 bits per heavy atom. The molecule has 94 valence electrons. The van der Waals surface area contributed by atoms with Crippen LogP contribution in [0.25, 0.3) is 0 Å². The van der Waals surface area contributed by atoms with E-state index in [4.69, 9.17) is 5.73 Å². The zero-order chi connectivity index (χ0) is 12.5. The first-order valence-corrected chi connectivity index (χ1v) is 6.17. The van der Waals surface area contributed by atoms with Crippen molar-refractivity contribution < 1.29 is 5.11 Å². The molecule has 0 spiro atoms. The van der Waals surface area contributed by atoms with E-state index in [1.165, 1.54) is 0 Å². The molecule has 0 bridgehead atoms. The molecule has 5 heteroatoms. The van der Waals surface area contributed by atoms with Gasteiger partial charge in [0.2, 0.25) is 0 Å². The number of aromatic nitrogens is 3. The lowest BCUT2D eigenvalue weighted by molar-refractivity contribution is 0.455. The standard InChI is InChI=1S/C13H16N4O/c14-10-5-6-17-12(15-16-13(17)8-10)7-9-1-3-11(18)4-2-9/h1-4,10,18H,5-8,14H2. The molecular formula is C13H16N4O. The first-order chi connectivity index (χ1) is 8.72. The van der Waals surface area contributed by atoms with Crippen LogP contribution in [0.4, 0.5) is 0 Å². The molecule has 1 atom stereocenters. The van der Waals surface area contributed by atoms with Crippen LogP contribution in [-0.4, -0.2) is 25.9 Å². The topological polar surface area (TPSA) is 77.0 Å². The van der Waals surface area contributed by atoms with Crippen LogP contribution in [0.5, 0.6) is 5.75 Å². The van der Waals surface area contributed by atoms with Gasteiger partial charge in [-0.25, -0.2) is 0 Å². The molecule has 18 heavy (non-hydrogen) atoms. The van der Waals surface area contributed by atoms with Gasteiger partial charge in [0.05, 0.1) is 0 Å². The molecule has 1 aromatic carbocycles. The van der Waals surface area contributed by atoms with Crippen molar-refractivity contribution >= 4 is 0 Å². The van der Waals surface area contributed by atoms with Crippen molar-refractivity contribution in [3.63, 3.8) is 0 Å². The minimum Gasteiger partial charge on any atom is -0.508 e. The minimum absolute atomic E-state index is 0.211. The molecular weight excluding hydrogens is 228 g/mol. The average molecular weight is 244 g/mol. The summed E-state index contributed by atoms with van der Waals surface area (Å²) in [4.78, 5) is 0. The Kier molecular flexibility index (Phi) is 2.76. The van der Waals surface area contributed by atoms with E-state index in [9.17, 15) is 5.11 Å². The maximum atomic E-state index is 9.26. The third-order valence-corrected chi connectivity index (χ3v) is 3.37. The lowest BCUT2D eigenvalue weighted by Gasteiger charge is -2.20. The van der Waals surface area contributed by atoms with Gasteiger partial charge in [0.25, 0.3) is 0 Å². The third kappa shape index (κ3) is 2.09. The van der Waals surface area contributed by atoms with Crippen molar-refractivity contribution in [1.82, 2.24) is 14.8 Å². The Morgan fingerprint density at radius 2 is 2.06 bits per heavy atom. The highest BCUT2D eigenvalue weighted by Gasteiger charge is 2.20. The number of aromatic hydroxyl groups is 1. The van der Waals surface area contributed by atoms with Gasteiger partial charge in [-0.15, -0.1) is 10.2 Å². The summed E-state index contributed by atoms with van der Waals surface area (Å²) < 4.78 is 2.16. The average Bonchev–Trinajstić information content (AvgIpc) is 2.74. The summed E-state index contributed by atoms with van der Waals surface area (Å²) in [5.41, 5.74) is 7.04. The van der Waals surface area contributed by atoms with Gasteiger partial charge >= 0.3 is 0 Å². The van der Waals surface area contributed by atoms with Crippen molar-refractivity contribution in [2.24, 2.45) is 5.73 Å². The van der Waals surface area contributed by atoms with Gasteiger partial charge in [0.15, 0.2) is 0 Å². The first-order valence-electron chi connectivity index (χ1n) is 6.17. The van der Waals surface area contributed by atoms with Crippen molar-refractivity contribution in [3.05, 3.63) is 41.5 Å². The molecule has 5 nitrogen and oxygen atoms in total. The summed E-state index contributed by atoms with van der Waals surface area (Å²) in [7, 11) is 0. The van der Waals surface area contributed by atoms with E-state index in [1.54, 1.807) is 12.1 Å². The summed E-state index contributed by atoms with van der Waals surface area (Å²) >= 11 is 0. The second-order valence-corrected chi connectivity index (χ2v) is 4.78. The molecule has 0 saturated heterocycles. The molecule has 0 radical (unpaired) electrons. The fourth-order valence-corrected chi connectivity index (χ4v) is 2.34. The second kappa shape index (κ2) is 4.42. The van der Waals surface area contributed by atoms with Crippen molar-refractivity contribution in [1.29, 1.82) is 0 Å². The van der Waals surface area contributed by atoms with E-state index in [-0.39, 0.29) is 11.8 Å². The van der Waals surface area contributed by atoms with Gasteiger partial charge in [-0.2, -0.15) is 0 Å². The van der Waals surface area contributed by atoms with E-state index >= 15 is 0 Å². The van der Waals surface area contributed by atoms with Crippen LogP contribution in [0.1, 0.15) is 23.6 Å². The Bertz CT molecular complexity index is 547. The monoisotopic (exact) mass is 244 g/mol. The van der Waals surface area contributed by atoms with Gasteiger partial charge in [-0.3, -0.25) is 0 Å². The van der Waals surface area contributed by atoms with Gasteiger partial charge in [-0.1, -0.05) is 12.1 Å². The zero-order valence-electron chi connectivity index (χ0n) is 10.1. The van der Waals surface area contributed by atoms with Crippen LogP contribution in [0.2, 0.25) is 0 Å². The number of phenolic OH excluding ortho intramolecular Hbond substituents is 1. The maximum Gasteiger partial charge on any atom is 0.137 e. The first kappa shape index (κ1) is 11.2. The predicted molar refractivity (Wildman–Crippen MR) is 67.2 cm³/mol. The van der Waals surface area contributed by atoms with Gasteiger partial charge < -0.3 is 15.4 Å². The number of benzene rings is 1. The molecule has 0 amide bonds. The Balaban J connectivity index is 1.83. The normalized spacial score (nSPS) is 18.6. The van der Waals surface area contributed by atoms with E-state index in [0.29, 0.717) is 0 Å². The van der Waals surface area contributed by atoms with E-state index < -0.39 is 0 Å². The SMILES string of the molecule is NC1CCn2c(Cc3ccc(O)cc3)nnc2C1. The minimum atomic E-state index is 0.211. The Hall–Kier alpha value is -1.88. The lowest BCUT2D eigenvalue weighted by atomic mass is 10.1. The Morgan fingerprint density at radius 1 is 1.28 bits per heavy atom. The predicted octanol–water partition coefficient (Wildman–Crippen LogP) is 0.848. The molecule has 1 unspecified atom stereocenters. The Labute approximate surface area is 105 Å². The molecule has 0 fully saturated rings. The van der Waals surface area contributed by atoms with Gasteiger partial charge in [0.1, 0.15) is 17.4 Å². The summed E-state index contributed by atoms with van der Waals surface area (Å²) in [5, 5.41) is 17.7. The maximum absolute atomic E-state index is 9.26. The molecule has 1 aliphatic rings. The number of nitrogens with two attached hydrogens (primary N) is 1. The van der Waals surface area contributed by atoms with Crippen LogP contribution >= 0.6 is 0 Å². The van der Waals surface area contributed by atoms with E-state index in [2.05, 4.69) is 14.8 Å². The van der Waals surface area contributed by atoms with Crippen molar-refractivity contribution in [2.45, 2.75) is 31.8 Å². The highest BCUT2D eigenvalue weighted by Crippen LogP contribution is 2.17. The van der Waals surface area contributed by atoms with Crippen LogP contribution in [-0.2, 0) is 19.4 Å². The molecule has 0 saturated carbocycles. The van der Waals surface area contributed by atoms with Crippen molar-refractivity contribution in [3.8, 4) is 5.75 Å². The zero-order valence-corrected chi connectivity index (χ0v) is 10.1. The van der Waals surface area contributed by atoms with Crippen molar-refractivity contribution in [2.75, 3.05) is 0 Å². The highest BCUT2D eigenvalue weighted by molar-refractivity contribution is 5.28. The fourth-order valence-electron chi connectivity index (χ4n) is 2.34. The lowest BCUT2D eigenvalue weighted by Crippen LogP contribution is -2.31. The summed E-state index contributed by atoms with van der Waals surface area (Å²) in [6, 6.07) is 7.41. The summed E-state index contributed by atoms with van der Waals surface area (Å²) in [6.07, 6.45) is 2.53. The largest absolute Gasteiger partial charge is 0.508 e. The molecule has 1 aliphatic heterocycles. The van der Waals surface area contributed by atoms with E-state index in [0.717, 1.165) is 43.0 Å². The van der Waals surface area contributed by atoms with Gasteiger partial charge in [-0.05, 0) is 24.1 Å². The molecule has 3 rings (SSSR count). The number of hydrogen-bond donors (Lipinski definition) is 2. The van der Waals surface area contributed by atoms with Crippen LogP contribution in [0.3, 0.4) is 0 Å². The number of phenols is 1. The smallest absolute Gasteiger partial charge is 0.137 e. The van der Waals surface area contributed by atoms with Crippen LogP contribution in [0.15, 0.2) is 24.3 Å². The number of fused-ring (bicyclic) bond motifs is 1. The number of hydrogen-bond acceptors (Lipinski definition) is 4. The molecule has 2 heterocycles. The number of nitrogens with zero attached hydrogens (tertiary/aromatic N) is 3. The summed E-state index contributed by atoms with van der Waals surface area (Å²) in [5.74, 6) is 2.25. The summed E-state index contributed by atoms with van der Waals surface area (Å²) in [6.45, 7) is 0.900. The third-order valence-electron chi connectivity index (χ3n) is 3.37. The fraction of sp³-hybridized carbons (Fsp3) is 0.385. The molecule has 2 aromatic rings. The molecule has 3 N–H and O–H groups in total. The molecule has 0 aliphatic carbocycles.